The quantitative estimate of drug-likeness (QED) is 0.503. The number of nitrogens with zero attached hydrogens (tertiary/aromatic N) is 3. The average Bonchev–Trinajstić information content (AvgIpc) is 3.05. The number of ether oxygens (including phenoxy) is 1. The summed E-state index contributed by atoms with van der Waals surface area (Å²) in [6.07, 6.45) is 3.42. The van der Waals surface area contributed by atoms with E-state index in [4.69, 9.17) is 16.3 Å². The number of rotatable bonds is 6. The number of aryl methyl sites for hydroxylation is 1. The second-order valence-corrected chi connectivity index (χ2v) is 7.15. The first-order valence-corrected chi connectivity index (χ1v) is 9.13. The van der Waals surface area contributed by atoms with Gasteiger partial charge in [-0.25, -0.2) is 10.1 Å². The molecule has 0 radical (unpaired) electrons. The Morgan fingerprint density at radius 2 is 1.86 bits per heavy atom. The van der Waals surface area contributed by atoms with Crippen LogP contribution in [-0.4, -0.2) is 27.5 Å². The minimum Gasteiger partial charge on any atom is -0.478 e. The van der Waals surface area contributed by atoms with Gasteiger partial charge in [-0.1, -0.05) is 29.8 Å². The van der Waals surface area contributed by atoms with E-state index in [1.807, 2.05) is 43.5 Å². The predicted octanol–water partition coefficient (Wildman–Crippen LogP) is 4.14. The van der Waals surface area contributed by atoms with Crippen molar-refractivity contribution < 1.29 is 9.53 Å². The fourth-order valence-electron chi connectivity index (χ4n) is 2.45. The molecule has 0 saturated carbocycles. The lowest BCUT2D eigenvalue weighted by molar-refractivity contribution is -0.134. The number of hydrogen-bond donors (Lipinski definition) is 1. The van der Waals surface area contributed by atoms with Gasteiger partial charge in [0.1, 0.15) is 5.75 Å². The first-order valence-electron chi connectivity index (χ1n) is 8.75. The van der Waals surface area contributed by atoms with E-state index >= 15 is 0 Å². The molecular weight excluding hydrogens is 376 g/mol. The van der Waals surface area contributed by atoms with Crippen molar-refractivity contribution in [1.82, 2.24) is 15.2 Å². The summed E-state index contributed by atoms with van der Waals surface area (Å²) in [6, 6.07) is 16.6. The van der Waals surface area contributed by atoms with Gasteiger partial charge in [-0.15, -0.1) is 0 Å². The van der Waals surface area contributed by atoms with E-state index in [1.165, 1.54) is 0 Å². The zero-order valence-corrected chi connectivity index (χ0v) is 16.6. The summed E-state index contributed by atoms with van der Waals surface area (Å²) in [5, 5.41) is 9.12. The summed E-state index contributed by atoms with van der Waals surface area (Å²) >= 11 is 5.86. The number of benzene rings is 2. The highest BCUT2D eigenvalue weighted by Crippen LogP contribution is 2.21. The van der Waals surface area contributed by atoms with Crippen molar-refractivity contribution in [1.29, 1.82) is 0 Å². The minimum atomic E-state index is -1.10. The maximum absolute atomic E-state index is 12.4. The lowest BCUT2D eigenvalue weighted by Crippen LogP contribution is -2.44. The highest BCUT2D eigenvalue weighted by atomic mass is 35.5. The molecule has 0 aliphatic rings. The Morgan fingerprint density at radius 1 is 1.18 bits per heavy atom. The van der Waals surface area contributed by atoms with Crippen LogP contribution in [0, 0.1) is 6.92 Å². The smallest absolute Gasteiger partial charge is 0.283 e. The molecule has 144 valence electrons. The van der Waals surface area contributed by atoms with Gasteiger partial charge in [-0.05, 0) is 57.2 Å². The number of hydrazone groups is 1. The fraction of sp³-hybridized carbons (Fsp3) is 0.190. The van der Waals surface area contributed by atoms with Crippen LogP contribution in [0.3, 0.4) is 0 Å². The number of aromatic nitrogens is 2. The molecular formula is C21H21ClN4O2. The Kier molecular flexibility index (Phi) is 5.80. The molecule has 3 rings (SSSR count). The fourth-order valence-corrected chi connectivity index (χ4v) is 2.58. The van der Waals surface area contributed by atoms with Crippen molar-refractivity contribution in [3.05, 3.63) is 77.1 Å². The van der Waals surface area contributed by atoms with E-state index in [9.17, 15) is 4.79 Å². The van der Waals surface area contributed by atoms with Gasteiger partial charge in [0, 0.05) is 16.8 Å². The Bertz CT molecular complexity index is 979. The zero-order chi connectivity index (χ0) is 20.1. The van der Waals surface area contributed by atoms with Crippen LogP contribution in [0.1, 0.15) is 25.1 Å². The lowest BCUT2D eigenvalue weighted by atomic mass is 10.1. The summed E-state index contributed by atoms with van der Waals surface area (Å²) < 4.78 is 7.52. The second-order valence-electron chi connectivity index (χ2n) is 6.72. The van der Waals surface area contributed by atoms with Crippen LogP contribution in [0.4, 0.5) is 0 Å². The molecule has 1 aromatic heterocycles. The topological polar surface area (TPSA) is 68.5 Å². The van der Waals surface area contributed by atoms with Crippen molar-refractivity contribution in [2.45, 2.75) is 26.4 Å². The Balaban J connectivity index is 1.64. The first kappa shape index (κ1) is 19.6. The number of carbonyl (C=O) groups is 1. The van der Waals surface area contributed by atoms with Crippen molar-refractivity contribution >= 4 is 23.7 Å². The molecule has 0 aliphatic heterocycles. The average molecular weight is 397 g/mol. The monoisotopic (exact) mass is 396 g/mol. The first-order chi connectivity index (χ1) is 13.3. The van der Waals surface area contributed by atoms with Gasteiger partial charge in [0.15, 0.2) is 5.60 Å². The summed E-state index contributed by atoms with van der Waals surface area (Å²) in [6.45, 7) is 5.23. The summed E-state index contributed by atoms with van der Waals surface area (Å²) in [7, 11) is 0. The molecule has 6 nitrogen and oxygen atoms in total. The molecule has 3 aromatic rings. The SMILES string of the molecule is Cc1nn(-c2ccccc2)cc1C=NNC(=O)C(C)(C)Oc1ccc(Cl)cc1. The molecule has 1 heterocycles. The van der Waals surface area contributed by atoms with Crippen LogP contribution >= 0.6 is 11.6 Å². The van der Waals surface area contributed by atoms with E-state index in [0.29, 0.717) is 10.8 Å². The van der Waals surface area contributed by atoms with E-state index in [0.717, 1.165) is 16.9 Å². The van der Waals surface area contributed by atoms with Gasteiger partial charge < -0.3 is 4.74 Å². The maximum Gasteiger partial charge on any atom is 0.283 e. The molecule has 7 heteroatoms. The Labute approximate surface area is 168 Å². The molecule has 0 bridgehead atoms. The van der Waals surface area contributed by atoms with Crippen LogP contribution in [0.2, 0.25) is 5.02 Å². The van der Waals surface area contributed by atoms with Gasteiger partial charge in [0.05, 0.1) is 17.6 Å². The second kappa shape index (κ2) is 8.27. The molecule has 0 atom stereocenters. The third-order valence-electron chi connectivity index (χ3n) is 4.06. The van der Waals surface area contributed by atoms with Crippen LogP contribution in [0.25, 0.3) is 5.69 Å². The summed E-state index contributed by atoms with van der Waals surface area (Å²) in [4.78, 5) is 12.4. The van der Waals surface area contributed by atoms with Crippen LogP contribution in [0.15, 0.2) is 65.9 Å². The molecule has 1 N–H and O–H groups in total. The van der Waals surface area contributed by atoms with Gasteiger partial charge in [-0.3, -0.25) is 4.79 Å². The minimum absolute atomic E-state index is 0.369. The van der Waals surface area contributed by atoms with Crippen LogP contribution in [-0.2, 0) is 4.79 Å². The molecule has 2 aromatic carbocycles. The number of nitrogens with one attached hydrogen (secondary N) is 1. The number of halogens is 1. The van der Waals surface area contributed by atoms with Gasteiger partial charge in [0.2, 0.25) is 0 Å². The number of amides is 1. The van der Waals surface area contributed by atoms with Crippen LogP contribution in [0.5, 0.6) is 5.75 Å². The third kappa shape index (κ3) is 4.78. The Hall–Kier alpha value is -3.12. The largest absolute Gasteiger partial charge is 0.478 e. The standard InChI is InChI=1S/C21H21ClN4O2/c1-15-16(14-26(25-15)18-7-5-4-6-8-18)13-23-24-20(27)21(2,3)28-19-11-9-17(22)10-12-19/h4-14H,1-3H3,(H,24,27). The molecule has 0 fully saturated rings. The highest BCUT2D eigenvalue weighted by molar-refractivity contribution is 6.30. The maximum atomic E-state index is 12.4. The predicted molar refractivity (Wildman–Crippen MR) is 110 cm³/mol. The number of hydrogen-bond acceptors (Lipinski definition) is 4. The summed E-state index contributed by atoms with van der Waals surface area (Å²) in [5.41, 5.74) is 3.98. The molecule has 28 heavy (non-hydrogen) atoms. The van der Waals surface area contributed by atoms with Crippen molar-refractivity contribution in [3.63, 3.8) is 0 Å². The van der Waals surface area contributed by atoms with E-state index in [-0.39, 0.29) is 5.91 Å². The number of carbonyl (C=O) groups excluding carboxylic acids is 1. The van der Waals surface area contributed by atoms with E-state index < -0.39 is 5.60 Å². The van der Waals surface area contributed by atoms with Gasteiger partial charge >= 0.3 is 0 Å². The van der Waals surface area contributed by atoms with Crippen LogP contribution < -0.4 is 10.2 Å². The molecule has 1 amide bonds. The lowest BCUT2D eigenvalue weighted by Gasteiger charge is -2.24. The van der Waals surface area contributed by atoms with Gasteiger partial charge in [0.25, 0.3) is 5.91 Å². The molecule has 0 spiro atoms. The Morgan fingerprint density at radius 3 is 2.54 bits per heavy atom. The normalized spacial score (nSPS) is 11.6. The third-order valence-corrected chi connectivity index (χ3v) is 4.31. The van der Waals surface area contributed by atoms with E-state index in [2.05, 4.69) is 15.6 Å². The van der Waals surface area contributed by atoms with Crippen molar-refractivity contribution in [2.75, 3.05) is 0 Å². The van der Waals surface area contributed by atoms with E-state index in [1.54, 1.807) is 49.0 Å². The summed E-state index contributed by atoms with van der Waals surface area (Å²) in [5.74, 6) is 0.181. The van der Waals surface area contributed by atoms with Gasteiger partial charge in [-0.2, -0.15) is 10.2 Å². The molecule has 0 unspecified atom stereocenters. The molecule has 0 aliphatic carbocycles. The molecule has 0 saturated heterocycles. The number of para-hydroxylation sites is 1. The van der Waals surface area contributed by atoms with Crippen molar-refractivity contribution in [3.8, 4) is 11.4 Å². The highest BCUT2D eigenvalue weighted by Gasteiger charge is 2.29. The zero-order valence-electron chi connectivity index (χ0n) is 15.9. The van der Waals surface area contributed by atoms with Crippen molar-refractivity contribution in [2.24, 2.45) is 5.10 Å².